The number of carbonyl (C=O) groups excluding carboxylic acids is 1. The molecular formula is C17H27N3O5S2. The van der Waals surface area contributed by atoms with Crippen LogP contribution < -0.4 is 5.32 Å². The van der Waals surface area contributed by atoms with Crippen LogP contribution in [0.15, 0.2) is 29.2 Å². The van der Waals surface area contributed by atoms with E-state index in [0.717, 1.165) is 11.8 Å². The Hall–Kier alpha value is -1.49. The van der Waals surface area contributed by atoms with Gasteiger partial charge in [-0.15, -0.1) is 0 Å². The lowest BCUT2D eigenvalue weighted by atomic mass is 9.96. The van der Waals surface area contributed by atoms with Gasteiger partial charge in [-0.1, -0.05) is 12.1 Å². The van der Waals surface area contributed by atoms with E-state index in [1.807, 2.05) is 6.92 Å². The van der Waals surface area contributed by atoms with Gasteiger partial charge in [0.1, 0.15) is 0 Å². The molecule has 152 valence electrons. The summed E-state index contributed by atoms with van der Waals surface area (Å²) in [7, 11) is -3.72. The van der Waals surface area contributed by atoms with Gasteiger partial charge in [0.2, 0.25) is 5.91 Å². The number of piperidine rings is 1. The summed E-state index contributed by atoms with van der Waals surface area (Å²) in [6.07, 6.45) is 2.09. The quantitative estimate of drug-likeness (QED) is 0.737. The van der Waals surface area contributed by atoms with Gasteiger partial charge in [-0.05, 0) is 37.5 Å². The highest BCUT2D eigenvalue weighted by Gasteiger charge is 2.32. The van der Waals surface area contributed by atoms with E-state index in [1.54, 1.807) is 12.1 Å². The number of nitrogens with zero attached hydrogens (tertiary/aromatic N) is 2. The van der Waals surface area contributed by atoms with E-state index in [2.05, 4.69) is 5.32 Å². The van der Waals surface area contributed by atoms with E-state index < -0.39 is 20.0 Å². The van der Waals surface area contributed by atoms with E-state index >= 15 is 0 Å². The van der Waals surface area contributed by atoms with Crippen molar-refractivity contribution in [2.45, 2.75) is 30.7 Å². The minimum atomic E-state index is -3.45. The summed E-state index contributed by atoms with van der Waals surface area (Å²) in [5.74, 6) is -0.354. The molecule has 10 heteroatoms. The van der Waals surface area contributed by atoms with Crippen molar-refractivity contribution in [3.05, 3.63) is 29.8 Å². The maximum absolute atomic E-state index is 12.5. The fourth-order valence-corrected chi connectivity index (χ4v) is 4.76. The summed E-state index contributed by atoms with van der Waals surface area (Å²) in [5, 5.41) is 2.93. The average Bonchev–Trinajstić information content (AvgIpc) is 2.61. The van der Waals surface area contributed by atoms with Crippen molar-refractivity contribution in [3.63, 3.8) is 0 Å². The second-order valence-corrected chi connectivity index (χ2v) is 11.2. The first-order chi connectivity index (χ1) is 12.4. The van der Waals surface area contributed by atoms with Crippen LogP contribution in [0.25, 0.3) is 0 Å². The minimum absolute atomic E-state index is 0.114. The first-order valence-corrected chi connectivity index (χ1v) is 12.0. The Kier molecular flexibility index (Phi) is 6.67. The van der Waals surface area contributed by atoms with Gasteiger partial charge in [0, 0.05) is 39.4 Å². The first-order valence-electron chi connectivity index (χ1n) is 8.71. The zero-order valence-electron chi connectivity index (χ0n) is 16.0. The molecule has 1 N–H and O–H groups in total. The fourth-order valence-electron chi connectivity index (χ4n) is 3.00. The van der Waals surface area contributed by atoms with Gasteiger partial charge in [0.15, 0.2) is 9.84 Å². The van der Waals surface area contributed by atoms with E-state index in [9.17, 15) is 21.6 Å². The van der Waals surface area contributed by atoms with E-state index in [0.29, 0.717) is 25.9 Å². The maximum Gasteiger partial charge on any atom is 0.281 e. The molecule has 2 rings (SSSR count). The lowest BCUT2D eigenvalue weighted by Crippen LogP contribution is -2.47. The summed E-state index contributed by atoms with van der Waals surface area (Å²) in [4.78, 5) is 12.7. The van der Waals surface area contributed by atoms with Crippen LogP contribution in [0.5, 0.6) is 0 Å². The van der Waals surface area contributed by atoms with Crippen LogP contribution in [-0.2, 0) is 24.8 Å². The summed E-state index contributed by atoms with van der Waals surface area (Å²) in [6, 6.07) is 6.16. The van der Waals surface area contributed by atoms with Gasteiger partial charge in [-0.3, -0.25) is 4.79 Å². The van der Waals surface area contributed by atoms with Crippen molar-refractivity contribution >= 4 is 26.0 Å². The molecule has 0 spiro atoms. The second-order valence-electron chi connectivity index (χ2n) is 7.03. The minimum Gasteiger partial charge on any atom is -0.349 e. The highest BCUT2D eigenvalue weighted by Crippen LogP contribution is 2.22. The van der Waals surface area contributed by atoms with Crippen LogP contribution in [0.3, 0.4) is 0 Å². The molecule has 1 fully saturated rings. The van der Waals surface area contributed by atoms with Crippen molar-refractivity contribution in [1.82, 2.24) is 13.9 Å². The van der Waals surface area contributed by atoms with Gasteiger partial charge in [-0.25, -0.2) is 8.42 Å². The Bertz CT molecular complexity index is 872. The summed E-state index contributed by atoms with van der Waals surface area (Å²) >= 11 is 0. The predicted octanol–water partition coefficient (Wildman–Crippen LogP) is 0.786. The number of hydrogen-bond acceptors (Lipinski definition) is 5. The molecule has 1 aliphatic heterocycles. The Balaban J connectivity index is 1.94. The molecule has 1 atom stereocenters. The molecule has 0 saturated carbocycles. The molecular weight excluding hydrogens is 390 g/mol. The number of rotatable bonds is 6. The van der Waals surface area contributed by atoms with Crippen molar-refractivity contribution in [2.75, 3.05) is 33.4 Å². The SMILES string of the molecule is C[C@@H](NC(=O)C1CCN(S(=O)(=O)N(C)C)CC1)c1ccc(S(C)(=O)=O)cc1. The molecule has 1 amide bonds. The summed E-state index contributed by atoms with van der Waals surface area (Å²) in [6.45, 7) is 2.46. The Morgan fingerprint density at radius 1 is 1.11 bits per heavy atom. The van der Waals surface area contributed by atoms with Gasteiger partial charge in [0.05, 0.1) is 10.9 Å². The Morgan fingerprint density at radius 3 is 2.07 bits per heavy atom. The van der Waals surface area contributed by atoms with Crippen LogP contribution in [0, 0.1) is 5.92 Å². The van der Waals surface area contributed by atoms with Crippen LogP contribution >= 0.6 is 0 Å². The van der Waals surface area contributed by atoms with Crippen molar-refractivity contribution in [3.8, 4) is 0 Å². The van der Waals surface area contributed by atoms with Crippen molar-refractivity contribution in [1.29, 1.82) is 0 Å². The normalized spacial score (nSPS) is 18.4. The lowest BCUT2D eigenvalue weighted by molar-refractivity contribution is -0.126. The molecule has 1 aromatic rings. The predicted molar refractivity (Wildman–Crippen MR) is 103 cm³/mol. The number of hydrogen-bond donors (Lipinski definition) is 1. The molecule has 0 unspecified atom stereocenters. The van der Waals surface area contributed by atoms with Gasteiger partial charge < -0.3 is 5.32 Å². The molecule has 0 radical (unpaired) electrons. The average molecular weight is 418 g/mol. The largest absolute Gasteiger partial charge is 0.349 e. The number of sulfone groups is 1. The standard InChI is InChI=1S/C17H27N3O5S2/c1-13(14-5-7-16(8-6-14)26(4,22)23)18-17(21)15-9-11-20(12-10-15)27(24,25)19(2)3/h5-8,13,15H,9-12H2,1-4H3,(H,18,21)/t13-/m1/s1. The highest BCUT2D eigenvalue weighted by atomic mass is 32.2. The molecule has 1 aliphatic rings. The first kappa shape index (κ1) is 21.8. The summed E-state index contributed by atoms with van der Waals surface area (Å²) in [5.41, 5.74) is 0.809. The molecule has 1 aromatic carbocycles. The summed E-state index contributed by atoms with van der Waals surface area (Å²) < 4.78 is 49.9. The number of amides is 1. The number of benzene rings is 1. The molecule has 0 aromatic heterocycles. The fraction of sp³-hybridized carbons (Fsp3) is 0.588. The van der Waals surface area contributed by atoms with Gasteiger partial charge >= 0.3 is 0 Å². The smallest absolute Gasteiger partial charge is 0.281 e. The Morgan fingerprint density at radius 2 is 1.63 bits per heavy atom. The van der Waals surface area contributed by atoms with E-state index in [-0.39, 0.29) is 22.8 Å². The molecule has 1 heterocycles. The van der Waals surface area contributed by atoms with E-state index in [1.165, 1.54) is 34.8 Å². The van der Waals surface area contributed by atoms with Gasteiger partial charge in [-0.2, -0.15) is 17.0 Å². The van der Waals surface area contributed by atoms with Crippen molar-refractivity contribution < 1.29 is 21.6 Å². The van der Waals surface area contributed by atoms with Crippen molar-refractivity contribution in [2.24, 2.45) is 5.92 Å². The second kappa shape index (κ2) is 8.26. The zero-order chi connectivity index (χ0) is 20.4. The molecule has 27 heavy (non-hydrogen) atoms. The van der Waals surface area contributed by atoms with Crippen LogP contribution in [-0.4, -0.2) is 64.8 Å². The molecule has 0 bridgehead atoms. The Labute approximate surface area is 161 Å². The highest BCUT2D eigenvalue weighted by molar-refractivity contribution is 7.90. The van der Waals surface area contributed by atoms with Crippen LogP contribution in [0.1, 0.15) is 31.4 Å². The molecule has 8 nitrogen and oxygen atoms in total. The third kappa shape index (κ3) is 5.28. The molecule has 0 aliphatic carbocycles. The molecule has 1 saturated heterocycles. The topological polar surface area (TPSA) is 104 Å². The monoisotopic (exact) mass is 417 g/mol. The number of nitrogens with one attached hydrogen (secondary N) is 1. The third-order valence-corrected chi connectivity index (χ3v) is 7.85. The number of carbonyl (C=O) groups is 1. The van der Waals surface area contributed by atoms with E-state index in [4.69, 9.17) is 0 Å². The lowest BCUT2D eigenvalue weighted by Gasteiger charge is -2.32. The maximum atomic E-state index is 12.5. The van der Waals surface area contributed by atoms with Crippen LogP contribution in [0.4, 0.5) is 0 Å². The van der Waals surface area contributed by atoms with Crippen LogP contribution in [0.2, 0.25) is 0 Å². The third-order valence-electron chi connectivity index (χ3n) is 4.78. The zero-order valence-corrected chi connectivity index (χ0v) is 17.7. The van der Waals surface area contributed by atoms with Gasteiger partial charge in [0.25, 0.3) is 10.2 Å².